The molecule has 0 aliphatic rings. The lowest BCUT2D eigenvalue weighted by Gasteiger charge is -2.04. The zero-order chi connectivity index (χ0) is 14.1. The lowest BCUT2D eigenvalue weighted by Crippen LogP contribution is -2.19. The van der Waals surface area contributed by atoms with Crippen molar-refractivity contribution < 1.29 is 4.74 Å². The van der Waals surface area contributed by atoms with Crippen molar-refractivity contribution in [2.24, 2.45) is 5.92 Å². The standard InChI is InChI=1S/C14H26N4O/c1-12(2)5-7-19-8-6-18-11-14(16-17-18)10-15-9-13(3)4/h11,13,15H,1,5-10H2,2-4H3. The molecule has 0 aliphatic heterocycles. The van der Waals surface area contributed by atoms with Crippen LogP contribution in [0.5, 0.6) is 0 Å². The van der Waals surface area contributed by atoms with Crippen LogP contribution in [0.2, 0.25) is 0 Å². The van der Waals surface area contributed by atoms with Gasteiger partial charge in [-0.1, -0.05) is 24.6 Å². The van der Waals surface area contributed by atoms with Gasteiger partial charge in [0.1, 0.15) is 0 Å². The summed E-state index contributed by atoms with van der Waals surface area (Å²) in [5, 5.41) is 11.5. The van der Waals surface area contributed by atoms with Crippen LogP contribution >= 0.6 is 0 Å². The highest BCUT2D eigenvalue weighted by Crippen LogP contribution is 1.97. The van der Waals surface area contributed by atoms with E-state index in [-0.39, 0.29) is 0 Å². The molecule has 1 rings (SSSR count). The van der Waals surface area contributed by atoms with Crippen LogP contribution in [0, 0.1) is 5.92 Å². The zero-order valence-corrected chi connectivity index (χ0v) is 12.4. The molecule has 1 aromatic rings. The van der Waals surface area contributed by atoms with Gasteiger partial charge >= 0.3 is 0 Å². The van der Waals surface area contributed by atoms with Crippen LogP contribution in [0.25, 0.3) is 0 Å². The number of rotatable bonds is 10. The van der Waals surface area contributed by atoms with Gasteiger partial charge in [0.25, 0.3) is 0 Å². The first-order valence-corrected chi connectivity index (χ1v) is 6.89. The summed E-state index contributed by atoms with van der Waals surface area (Å²) in [7, 11) is 0. The summed E-state index contributed by atoms with van der Waals surface area (Å²) >= 11 is 0. The molecule has 19 heavy (non-hydrogen) atoms. The Hall–Kier alpha value is -1.20. The van der Waals surface area contributed by atoms with Crippen molar-refractivity contribution in [3.8, 4) is 0 Å². The van der Waals surface area contributed by atoms with Gasteiger partial charge in [-0.25, -0.2) is 4.68 Å². The highest BCUT2D eigenvalue weighted by Gasteiger charge is 2.01. The average Bonchev–Trinajstić information content (AvgIpc) is 2.76. The molecule has 1 aromatic heterocycles. The Morgan fingerprint density at radius 1 is 1.47 bits per heavy atom. The maximum Gasteiger partial charge on any atom is 0.0964 e. The molecule has 0 radical (unpaired) electrons. The van der Waals surface area contributed by atoms with E-state index in [1.54, 1.807) is 0 Å². The van der Waals surface area contributed by atoms with Crippen molar-refractivity contribution in [1.29, 1.82) is 0 Å². The molecule has 0 amide bonds. The molecular formula is C14H26N4O. The normalized spacial score (nSPS) is 11.2. The second-order valence-corrected chi connectivity index (χ2v) is 5.32. The monoisotopic (exact) mass is 266 g/mol. The van der Waals surface area contributed by atoms with Crippen LogP contribution in [0.3, 0.4) is 0 Å². The van der Waals surface area contributed by atoms with Gasteiger partial charge in [0.2, 0.25) is 0 Å². The number of ether oxygens (including phenoxy) is 1. The van der Waals surface area contributed by atoms with Crippen LogP contribution in [0.4, 0.5) is 0 Å². The summed E-state index contributed by atoms with van der Waals surface area (Å²) in [6, 6.07) is 0. The van der Waals surface area contributed by atoms with E-state index in [1.807, 2.05) is 17.8 Å². The van der Waals surface area contributed by atoms with E-state index in [0.29, 0.717) is 12.5 Å². The number of nitrogens with one attached hydrogen (secondary N) is 1. The predicted octanol–water partition coefficient (Wildman–Crippen LogP) is 2.01. The number of hydrogen-bond donors (Lipinski definition) is 1. The van der Waals surface area contributed by atoms with Crippen molar-refractivity contribution >= 4 is 0 Å². The Balaban J connectivity index is 2.14. The summed E-state index contributed by atoms with van der Waals surface area (Å²) in [6.45, 7) is 14.1. The Kier molecular flexibility index (Phi) is 7.36. The van der Waals surface area contributed by atoms with Gasteiger partial charge in [-0.2, -0.15) is 0 Å². The van der Waals surface area contributed by atoms with E-state index in [2.05, 4.69) is 36.1 Å². The molecule has 0 bridgehead atoms. The van der Waals surface area contributed by atoms with Crippen LogP contribution in [0.15, 0.2) is 18.3 Å². The van der Waals surface area contributed by atoms with E-state index < -0.39 is 0 Å². The topological polar surface area (TPSA) is 52.0 Å². The summed E-state index contributed by atoms with van der Waals surface area (Å²) in [4.78, 5) is 0. The van der Waals surface area contributed by atoms with E-state index in [1.165, 1.54) is 0 Å². The zero-order valence-electron chi connectivity index (χ0n) is 12.4. The third kappa shape index (κ3) is 7.74. The molecule has 1 heterocycles. The predicted molar refractivity (Wildman–Crippen MR) is 76.8 cm³/mol. The van der Waals surface area contributed by atoms with Crippen LogP contribution in [-0.4, -0.2) is 34.8 Å². The molecule has 1 N–H and O–H groups in total. The summed E-state index contributed by atoms with van der Waals surface area (Å²) in [5.41, 5.74) is 2.13. The van der Waals surface area contributed by atoms with Crippen LogP contribution in [-0.2, 0) is 17.8 Å². The Morgan fingerprint density at radius 3 is 2.95 bits per heavy atom. The van der Waals surface area contributed by atoms with Gasteiger partial charge in [-0.3, -0.25) is 0 Å². The van der Waals surface area contributed by atoms with Crippen molar-refractivity contribution in [1.82, 2.24) is 20.3 Å². The molecule has 0 fully saturated rings. The fraction of sp³-hybridized carbons (Fsp3) is 0.714. The summed E-state index contributed by atoms with van der Waals surface area (Å²) in [6.07, 6.45) is 2.89. The molecule has 0 unspecified atom stereocenters. The van der Waals surface area contributed by atoms with E-state index in [4.69, 9.17) is 4.74 Å². The number of nitrogens with zero attached hydrogens (tertiary/aromatic N) is 3. The lowest BCUT2D eigenvalue weighted by molar-refractivity contribution is 0.126. The Morgan fingerprint density at radius 2 is 2.26 bits per heavy atom. The first kappa shape index (κ1) is 15.9. The molecule has 5 heteroatoms. The van der Waals surface area contributed by atoms with Gasteiger partial charge in [0.15, 0.2) is 0 Å². The fourth-order valence-corrected chi connectivity index (χ4v) is 1.52. The minimum Gasteiger partial charge on any atom is -0.379 e. The van der Waals surface area contributed by atoms with Crippen molar-refractivity contribution in [2.75, 3.05) is 19.8 Å². The maximum absolute atomic E-state index is 5.51. The average molecular weight is 266 g/mol. The molecule has 0 saturated carbocycles. The third-order valence-corrected chi connectivity index (χ3v) is 2.58. The lowest BCUT2D eigenvalue weighted by atomic mass is 10.2. The highest BCUT2D eigenvalue weighted by atomic mass is 16.5. The number of aromatic nitrogens is 3. The van der Waals surface area contributed by atoms with Gasteiger partial charge < -0.3 is 10.1 Å². The Bertz CT molecular complexity index is 373. The van der Waals surface area contributed by atoms with Gasteiger partial charge in [-0.15, -0.1) is 11.7 Å². The van der Waals surface area contributed by atoms with E-state index in [0.717, 1.165) is 43.9 Å². The minimum absolute atomic E-state index is 0.650. The minimum atomic E-state index is 0.650. The van der Waals surface area contributed by atoms with Gasteiger partial charge in [0, 0.05) is 12.7 Å². The molecule has 0 spiro atoms. The van der Waals surface area contributed by atoms with Gasteiger partial charge in [-0.05, 0) is 25.8 Å². The molecule has 5 nitrogen and oxygen atoms in total. The summed E-state index contributed by atoms with van der Waals surface area (Å²) in [5.74, 6) is 0.650. The third-order valence-electron chi connectivity index (χ3n) is 2.58. The first-order chi connectivity index (χ1) is 9.08. The molecule has 0 aliphatic carbocycles. The number of hydrogen-bond acceptors (Lipinski definition) is 4. The van der Waals surface area contributed by atoms with E-state index >= 15 is 0 Å². The second-order valence-electron chi connectivity index (χ2n) is 5.32. The van der Waals surface area contributed by atoms with Crippen molar-refractivity contribution in [2.45, 2.75) is 40.3 Å². The molecule has 0 atom stereocenters. The smallest absolute Gasteiger partial charge is 0.0964 e. The first-order valence-electron chi connectivity index (χ1n) is 6.89. The SMILES string of the molecule is C=C(C)CCOCCn1cc(CNCC(C)C)nn1. The Labute approximate surface area is 116 Å². The van der Waals surface area contributed by atoms with E-state index in [9.17, 15) is 0 Å². The second kappa shape index (κ2) is 8.82. The molecule has 0 saturated heterocycles. The highest BCUT2D eigenvalue weighted by molar-refractivity contribution is 4.91. The maximum atomic E-state index is 5.51. The molecular weight excluding hydrogens is 240 g/mol. The molecule has 108 valence electrons. The summed E-state index contributed by atoms with van der Waals surface area (Å²) < 4.78 is 7.33. The molecule has 0 aromatic carbocycles. The van der Waals surface area contributed by atoms with Gasteiger partial charge in [0.05, 0.1) is 25.5 Å². The quantitative estimate of drug-likeness (QED) is 0.520. The fourth-order valence-electron chi connectivity index (χ4n) is 1.52. The largest absolute Gasteiger partial charge is 0.379 e. The van der Waals surface area contributed by atoms with Crippen LogP contribution < -0.4 is 5.32 Å². The van der Waals surface area contributed by atoms with Crippen molar-refractivity contribution in [3.05, 3.63) is 24.0 Å². The van der Waals surface area contributed by atoms with Crippen LogP contribution in [0.1, 0.15) is 32.9 Å². The van der Waals surface area contributed by atoms with Crippen molar-refractivity contribution in [3.63, 3.8) is 0 Å².